The molecule has 1 aromatic carbocycles. The Labute approximate surface area is 101 Å². The summed E-state index contributed by atoms with van der Waals surface area (Å²) in [5.41, 5.74) is 2.71. The highest BCUT2D eigenvalue weighted by Crippen LogP contribution is 2.30. The van der Waals surface area contributed by atoms with Crippen molar-refractivity contribution in [2.75, 3.05) is 12.4 Å². The fourth-order valence-electron chi connectivity index (χ4n) is 1.71. The molecule has 1 atom stereocenters. The van der Waals surface area contributed by atoms with Crippen LogP contribution in [-0.4, -0.2) is 12.4 Å². The molecule has 0 radical (unpaired) electrons. The number of rotatable bonds is 5. The molecule has 0 bridgehead atoms. The summed E-state index contributed by atoms with van der Waals surface area (Å²) in [6, 6.07) is 6.49. The second-order valence-electron chi connectivity index (χ2n) is 3.81. The van der Waals surface area contributed by atoms with Crippen LogP contribution >= 0.6 is 15.9 Å². The van der Waals surface area contributed by atoms with Crippen LogP contribution in [-0.2, 0) is 6.42 Å². The van der Waals surface area contributed by atoms with Crippen molar-refractivity contribution in [3.63, 3.8) is 0 Å². The summed E-state index contributed by atoms with van der Waals surface area (Å²) >= 11 is 3.49. The lowest BCUT2D eigenvalue weighted by Crippen LogP contribution is -1.99. The lowest BCUT2D eigenvalue weighted by molar-refractivity contribution is 0.406. The van der Waals surface area contributed by atoms with Gasteiger partial charge in [-0.25, -0.2) is 0 Å². The Bertz CT molecular complexity index is 309. The SMILES string of the molecule is CCc1ccc(OC)c(C(C)CCBr)c1. The molecule has 0 saturated heterocycles. The number of hydrogen-bond acceptors (Lipinski definition) is 1. The van der Waals surface area contributed by atoms with Gasteiger partial charge in [-0.3, -0.25) is 0 Å². The first-order valence-corrected chi connectivity index (χ1v) is 6.57. The Morgan fingerprint density at radius 2 is 2.13 bits per heavy atom. The monoisotopic (exact) mass is 270 g/mol. The van der Waals surface area contributed by atoms with Crippen LogP contribution < -0.4 is 4.74 Å². The first-order chi connectivity index (χ1) is 7.22. The van der Waals surface area contributed by atoms with Crippen LogP contribution in [0.25, 0.3) is 0 Å². The molecule has 0 aliphatic carbocycles. The van der Waals surface area contributed by atoms with Gasteiger partial charge in [-0.1, -0.05) is 41.9 Å². The zero-order chi connectivity index (χ0) is 11.3. The molecule has 1 rings (SSSR count). The summed E-state index contributed by atoms with van der Waals surface area (Å²) in [5, 5.41) is 1.04. The molecule has 1 nitrogen and oxygen atoms in total. The van der Waals surface area contributed by atoms with Gasteiger partial charge in [-0.2, -0.15) is 0 Å². The van der Waals surface area contributed by atoms with E-state index in [9.17, 15) is 0 Å². The topological polar surface area (TPSA) is 9.23 Å². The third-order valence-corrected chi connectivity index (χ3v) is 3.23. The zero-order valence-electron chi connectivity index (χ0n) is 9.72. The minimum absolute atomic E-state index is 0.547. The molecular formula is C13H19BrO. The normalized spacial score (nSPS) is 12.5. The largest absolute Gasteiger partial charge is 0.496 e. The van der Waals surface area contributed by atoms with E-state index >= 15 is 0 Å². The number of hydrogen-bond donors (Lipinski definition) is 0. The van der Waals surface area contributed by atoms with Crippen molar-refractivity contribution >= 4 is 15.9 Å². The summed E-state index contributed by atoms with van der Waals surface area (Å²) < 4.78 is 5.40. The van der Waals surface area contributed by atoms with Gasteiger partial charge in [0.05, 0.1) is 7.11 Å². The average Bonchev–Trinajstić information content (AvgIpc) is 2.28. The van der Waals surface area contributed by atoms with Crippen molar-refractivity contribution in [3.8, 4) is 5.75 Å². The third kappa shape index (κ3) is 3.23. The van der Waals surface area contributed by atoms with Gasteiger partial charge in [0.25, 0.3) is 0 Å². The van der Waals surface area contributed by atoms with E-state index in [-0.39, 0.29) is 0 Å². The van der Waals surface area contributed by atoms with Crippen LogP contribution in [0.4, 0.5) is 0 Å². The number of benzene rings is 1. The van der Waals surface area contributed by atoms with Crippen LogP contribution in [0.3, 0.4) is 0 Å². The van der Waals surface area contributed by atoms with Crippen LogP contribution in [0.5, 0.6) is 5.75 Å². The van der Waals surface area contributed by atoms with E-state index in [4.69, 9.17) is 4.74 Å². The summed E-state index contributed by atoms with van der Waals surface area (Å²) in [4.78, 5) is 0. The number of methoxy groups -OCH3 is 1. The van der Waals surface area contributed by atoms with Gasteiger partial charge in [0.1, 0.15) is 5.75 Å². The maximum Gasteiger partial charge on any atom is 0.122 e. The van der Waals surface area contributed by atoms with E-state index in [0.717, 1.165) is 23.9 Å². The molecule has 2 heteroatoms. The number of alkyl halides is 1. The molecule has 84 valence electrons. The minimum Gasteiger partial charge on any atom is -0.496 e. The number of halogens is 1. The van der Waals surface area contributed by atoms with Crippen LogP contribution in [0, 0.1) is 0 Å². The minimum atomic E-state index is 0.547. The maximum absolute atomic E-state index is 5.40. The number of ether oxygens (including phenoxy) is 1. The fourth-order valence-corrected chi connectivity index (χ4v) is 2.39. The van der Waals surface area contributed by atoms with Crippen LogP contribution in [0.1, 0.15) is 37.3 Å². The molecule has 1 aromatic rings. The molecule has 0 spiro atoms. The fraction of sp³-hybridized carbons (Fsp3) is 0.538. The van der Waals surface area contributed by atoms with Crippen LogP contribution in [0.2, 0.25) is 0 Å². The van der Waals surface area contributed by atoms with Gasteiger partial charge >= 0.3 is 0 Å². The predicted molar refractivity (Wildman–Crippen MR) is 69.2 cm³/mol. The molecule has 0 fully saturated rings. The lowest BCUT2D eigenvalue weighted by atomic mass is 9.95. The van der Waals surface area contributed by atoms with E-state index in [1.54, 1.807) is 7.11 Å². The molecule has 0 aliphatic rings. The van der Waals surface area contributed by atoms with Gasteiger partial charge < -0.3 is 4.74 Å². The smallest absolute Gasteiger partial charge is 0.122 e. The Hall–Kier alpha value is -0.500. The van der Waals surface area contributed by atoms with Gasteiger partial charge in [0, 0.05) is 5.33 Å². The van der Waals surface area contributed by atoms with Crippen molar-refractivity contribution in [2.45, 2.75) is 32.6 Å². The molecule has 15 heavy (non-hydrogen) atoms. The molecule has 1 unspecified atom stereocenters. The molecular weight excluding hydrogens is 252 g/mol. The number of aryl methyl sites for hydroxylation is 1. The van der Waals surface area contributed by atoms with Crippen molar-refractivity contribution in [1.29, 1.82) is 0 Å². The lowest BCUT2D eigenvalue weighted by Gasteiger charge is -2.15. The highest BCUT2D eigenvalue weighted by molar-refractivity contribution is 9.09. The first-order valence-electron chi connectivity index (χ1n) is 5.45. The van der Waals surface area contributed by atoms with Crippen molar-refractivity contribution in [1.82, 2.24) is 0 Å². The molecule has 0 aromatic heterocycles. The van der Waals surface area contributed by atoms with E-state index in [2.05, 4.69) is 48.0 Å². The Morgan fingerprint density at radius 3 is 2.67 bits per heavy atom. The van der Waals surface area contributed by atoms with Gasteiger partial charge in [-0.05, 0) is 36.0 Å². The molecule has 0 saturated carbocycles. The first kappa shape index (κ1) is 12.6. The molecule has 0 heterocycles. The van der Waals surface area contributed by atoms with Crippen molar-refractivity contribution < 1.29 is 4.74 Å². The quantitative estimate of drug-likeness (QED) is 0.731. The molecule has 0 amide bonds. The standard InChI is InChI=1S/C13H19BrO/c1-4-11-5-6-13(15-3)12(9-11)10(2)7-8-14/h5-6,9-10H,4,7-8H2,1-3H3. The highest BCUT2D eigenvalue weighted by atomic mass is 79.9. The Kier molecular flexibility index (Phi) is 5.16. The second kappa shape index (κ2) is 6.16. The highest BCUT2D eigenvalue weighted by Gasteiger charge is 2.11. The Balaban J connectivity index is 3.00. The predicted octanol–water partition coefficient (Wildman–Crippen LogP) is 4.15. The Morgan fingerprint density at radius 1 is 1.40 bits per heavy atom. The van der Waals surface area contributed by atoms with E-state index in [1.165, 1.54) is 11.1 Å². The van der Waals surface area contributed by atoms with Gasteiger partial charge in [0.2, 0.25) is 0 Å². The van der Waals surface area contributed by atoms with E-state index < -0.39 is 0 Å². The van der Waals surface area contributed by atoms with Crippen LogP contribution in [0.15, 0.2) is 18.2 Å². The van der Waals surface area contributed by atoms with Crippen molar-refractivity contribution in [2.24, 2.45) is 0 Å². The zero-order valence-corrected chi connectivity index (χ0v) is 11.3. The summed E-state index contributed by atoms with van der Waals surface area (Å²) in [6.07, 6.45) is 2.22. The summed E-state index contributed by atoms with van der Waals surface area (Å²) in [5.74, 6) is 1.56. The van der Waals surface area contributed by atoms with Crippen molar-refractivity contribution in [3.05, 3.63) is 29.3 Å². The average molecular weight is 271 g/mol. The van der Waals surface area contributed by atoms with Gasteiger partial charge in [0.15, 0.2) is 0 Å². The van der Waals surface area contributed by atoms with E-state index in [1.807, 2.05) is 0 Å². The molecule has 0 N–H and O–H groups in total. The second-order valence-corrected chi connectivity index (χ2v) is 4.60. The van der Waals surface area contributed by atoms with Gasteiger partial charge in [-0.15, -0.1) is 0 Å². The molecule has 0 aliphatic heterocycles. The third-order valence-electron chi connectivity index (χ3n) is 2.78. The summed E-state index contributed by atoms with van der Waals surface area (Å²) in [7, 11) is 1.74. The van der Waals surface area contributed by atoms with E-state index in [0.29, 0.717) is 5.92 Å². The maximum atomic E-state index is 5.40. The summed E-state index contributed by atoms with van der Waals surface area (Å²) in [6.45, 7) is 4.43.